The Morgan fingerprint density at radius 1 is 0.913 bits per heavy atom. The normalized spacial score (nSPS) is 11.7. The summed E-state index contributed by atoms with van der Waals surface area (Å²) in [6, 6.07) is 8.85. The fourth-order valence-corrected chi connectivity index (χ4v) is 3.11. The van der Waals surface area contributed by atoms with E-state index in [1.807, 2.05) is 0 Å². The van der Waals surface area contributed by atoms with Gasteiger partial charge in [0.2, 0.25) is 0 Å². The Morgan fingerprint density at radius 3 is 2.17 bits per heavy atom. The molecule has 1 atom stereocenters. The maximum absolute atomic E-state index is 10.6. The zero-order valence-corrected chi connectivity index (χ0v) is 15.5. The van der Waals surface area contributed by atoms with E-state index in [1.54, 1.807) is 0 Å². The van der Waals surface area contributed by atoms with E-state index >= 15 is 0 Å². The number of nitrogens with one attached hydrogen (secondary N) is 1. The summed E-state index contributed by atoms with van der Waals surface area (Å²) in [5.74, 6) is 0. The fourth-order valence-electron chi connectivity index (χ4n) is 2.68. The monoisotopic (exact) mass is 338 g/mol. The summed E-state index contributed by atoms with van der Waals surface area (Å²) in [5, 5.41) is 3.31. The standard InChI is InChI=1S/C19H32NO2P/c1-2-3-4-5-6-7-8-10-18-11-13-19(14-12-18)17-20-15-9-16-23(21)22/h11-14,20H,2-10,15-17H2,1H3/p+1. The molecule has 23 heavy (non-hydrogen) atoms. The van der Waals surface area contributed by atoms with Crippen molar-refractivity contribution in [1.82, 2.24) is 5.32 Å². The summed E-state index contributed by atoms with van der Waals surface area (Å²) in [4.78, 5) is 8.72. The minimum atomic E-state index is -1.98. The average Bonchev–Trinajstić information content (AvgIpc) is 2.55. The molecular weight excluding hydrogens is 305 g/mol. The third-order valence-electron chi connectivity index (χ3n) is 4.12. The van der Waals surface area contributed by atoms with Crippen molar-refractivity contribution in [2.24, 2.45) is 0 Å². The first-order chi connectivity index (χ1) is 11.2. The summed E-state index contributed by atoms with van der Waals surface area (Å²) in [6.07, 6.45) is 11.8. The van der Waals surface area contributed by atoms with Crippen molar-refractivity contribution >= 4 is 8.03 Å². The van der Waals surface area contributed by atoms with Gasteiger partial charge in [-0.25, -0.2) is 0 Å². The predicted octanol–water partition coefficient (Wildman–Crippen LogP) is 5.19. The smallest absolute Gasteiger partial charge is 0.313 e. The van der Waals surface area contributed by atoms with Crippen molar-refractivity contribution in [2.75, 3.05) is 12.7 Å². The molecule has 130 valence electrons. The minimum Gasteiger partial charge on any atom is -0.313 e. The van der Waals surface area contributed by atoms with Crippen LogP contribution in [0.3, 0.4) is 0 Å². The van der Waals surface area contributed by atoms with Crippen LogP contribution in [-0.4, -0.2) is 17.6 Å². The molecule has 0 aromatic heterocycles. The summed E-state index contributed by atoms with van der Waals surface area (Å²) in [6.45, 7) is 3.89. The van der Waals surface area contributed by atoms with Gasteiger partial charge in [0, 0.05) is 13.0 Å². The number of aryl methyl sites for hydroxylation is 1. The Kier molecular flexibility index (Phi) is 12.0. The molecule has 0 heterocycles. The topological polar surface area (TPSA) is 49.3 Å². The lowest BCUT2D eigenvalue weighted by atomic mass is 10.0. The lowest BCUT2D eigenvalue weighted by Crippen LogP contribution is -2.15. The molecule has 3 nitrogen and oxygen atoms in total. The van der Waals surface area contributed by atoms with Gasteiger partial charge in [-0.2, -0.15) is 4.89 Å². The van der Waals surface area contributed by atoms with Crippen LogP contribution in [0.25, 0.3) is 0 Å². The van der Waals surface area contributed by atoms with Gasteiger partial charge in [-0.1, -0.05) is 69.7 Å². The van der Waals surface area contributed by atoms with E-state index in [2.05, 4.69) is 36.5 Å². The molecular formula is C19H33NO2P+. The zero-order valence-electron chi connectivity index (χ0n) is 14.6. The van der Waals surface area contributed by atoms with Crippen molar-refractivity contribution in [3.05, 3.63) is 35.4 Å². The second-order valence-corrected chi connectivity index (χ2v) is 7.45. The molecule has 1 aromatic rings. The zero-order chi connectivity index (χ0) is 16.8. The molecule has 0 saturated carbocycles. The number of unbranched alkanes of at least 4 members (excludes halogenated alkanes) is 6. The van der Waals surface area contributed by atoms with Crippen molar-refractivity contribution in [3.63, 3.8) is 0 Å². The van der Waals surface area contributed by atoms with E-state index in [0.29, 0.717) is 6.16 Å². The molecule has 0 radical (unpaired) electrons. The Labute approximate surface area is 142 Å². The lowest BCUT2D eigenvalue weighted by molar-refractivity contribution is 0.499. The van der Waals surface area contributed by atoms with Gasteiger partial charge in [-0.3, -0.25) is 0 Å². The van der Waals surface area contributed by atoms with E-state index in [0.717, 1.165) is 19.5 Å². The Balaban J connectivity index is 2.07. The molecule has 0 fully saturated rings. The fraction of sp³-hybridized carbons (Fsp3) is 0.684. The third kappa shape index (κ3) is 11.4. The quantitative estimate of drug-likeness (QED) is 0.362. The van der Waals surface area contributed by atoms with E-state index in [9.17, 15) is 4.57 Å². The van der Waals surface area contributed by atoms with Crippen LogP contribution in [0.5, 0.6) is 0 Å². The van der Waals surface area contributed by atoms with Crippen LogP contribution in [0, 0.1) is 0 Å². The highest BCUT2D eigenvalue weighted by atomic mass is 31.1. The highest BCUT2D eigenvalue weighted by molar-refractivity contribution is 7.37. The van der Waals surface area contributed by atoms with Crippen LogP contribution >= 0.6 is 8.03 Å². The molecule has 0 bridgehead atoms. The summed E-state index contributed by atoms with van der Waals surface area (Å²) in [5.41, 5.74) is 2.71. The van der Waals surface area contributed by atoms with Gasteiger partial charge in [-0.05, 0) is 35.1 Å². The van der Waals surface area contributed by atoms with E-state index in [4.69, 9.17) is 4.89 Å². The average molecular weight is 338 g/mol. The number of hydrogen-bond donors (Lipinski definition) is 2. The van der Waals surface area contributed by atoms with Crippen molar-refractivity contribution in [1.29, 1.82) is 0 Å². The van der Waals surface area contributed by atoms with Gasteiger partial charge in [0.15, 0.2) is 6.16 Å². The second kappa shape index (κ2) is 13.7. The Morgan fingerprint density at radius 2 is 1.52 bits per heavy atom. The highest BCUT2D eigenvalue weighted by Crippen LogP contribution is 2.13. The second-order valence-electron chi connectivity index (χ2n) is 6.29. The maximum atomic E-state index is 10.6. The van der Waals surface area contributed by atoms with Gasteiger partial charge in [0.05, 0.1) is 0 Å². The maximum Gasteiger partial charge on any atom is 0.505 e. The predicted molar refractivity (Wildman–Crippen MR) is 99.2 cm³/mol. The third-order valence-corrected chi connectivity index (χ3v) is 4.82. The SMILES string of the molecule is CCCCCCCCCc1ccc(CNCCC[P+](=O)O)cc1. The van der Waals surface area contributed by atoms with E-state index in [1.165, 1.54) is 62.5 Å². The lowest BCUT2D eigenvalue weighted by Gasteiger charge is -2.06. The van der Waals surface area contributed by atoms with Crippen LogP contribution in [0.4, 0.5) is 0 Å². The molecule has 0 aliphatic carbocycles. The molecule has 0 spiro atoms. The first-order valence-electron chi connectivity index (χ1n) is 9.14. The Bertz CT molecular complexity index is 420. The van der Waals surface area contributed by atoms with Crippen molar-refractivity contribution in [2.45, 2.75) is 71.3 Å². The molecule has 0 saturated heterocycles. The molecule has 2 N–H and O–H groups in total. The number of benzene rings is 1. The number of hydrogen-bond acceptors (Lipinski definition) is 2. The summed E-state index contributed by atoms with van der Waals surface area (Å²) < 4.78 is 10.6. The van der Waals surface area contributed by atoms with Gasteiger partial charge in [0.25, 0.3) is 0 Å². The first kappa shape index (κ1) is 20.3. The minimum absolute atomic E-state index is 0.389. The molecule has 1 rings (SSSR count). The number of rotatable bonds is 14. The van der Waals surface area contributed by atoms with Crippen molar-refractivity contribution in [3.8, 4) is 0 Å². The molecule has 1 unspecified atom stereocenters. The van der Waals surface area contributed by atoms with Crippen LogP contribution in [-0.2, 0) is 17.5 Å². The van der Waals surface area contributed by atoms with Gasteiger partial charge < -0.3 is 5.32 Å². The molecule has 1 aromatic carbocycles. The summed E-state index contributed by atoms with van der Waals surface area (Å²) in [7, 11) is -1.98. The largest absolute Gasteiger partial charge is 0.505 e. The van der Waals surface area contributed by atoms with Crippen LogP contribution in [0.15, 0.2) is 24.3 Å². The van der Waals surface area contributed by atoms with Gasteiger partial charge >= 0.3 is 8.03 Å². The highest BCUT2D eigenvalue weighted by Gasteiger charge is 2.07. The first-order valence-corrected chi connectivity index (χ1v) is 10.5. The van der Waals surface area contributed by atoms with Gasteiger partial charge in [-0.15, -0.1) is 0 Å². The van der Waals surface area contributed by atoms with Crippen LogP contribution in [0.1, 0.15) is 69.4 Å². The molecule has 0 aliphatic rings. The van der Waals surface area contributed by atoms with E-state index in [-0.39, 0.29) is 0 Å². The van der Waals surface area contributed by atoms with Gasteiger partial charge in [0.1, 0.15) is 0 Å². The van der Waals surface area contributed by atoms with Crippen LogP contribution in [0.2, 0.25) is 0 Å². The Hall–Kier alpha value is -0.760. The molecule has 0 amide bonds. The van der Waals surface area contributed by atoms with Crippen LogP contribution < -0.4 is 5.32 Å². The van der Waals surface area contributed by atoms with Crippen molar-refractivity contribution < 1.29 is 9.46 Å². The molecule has 0 aliphatic heterocycles. The molecule has 4 heteroatoms. The van der Waals surface area contributed by atoms with E-state index < -0.39 is 8.03 Å². The summed E-state index contributed by atoms with van der Waals surface area (Å²) >= 11 is 0.